The number of aryl methyl sites for hydroxylation is 1. The Morgan fingerprint density at radius 1 is 1.17 bits per heavy atom. The molecule has 1 atom stereocenters. The van der Waals surface area contributed by atoms with Gasteiger partial charge in [-0.25, -0.2) is 0 Å². The van der Waals surface area contributed by atoms with Gasteiger partial charge in [-0.05, 0) is 49.2 Å². The van der Waals surface area contributed by atoms with E-state index in [1.54, 1.807) is 19.1 Å². The molecular formula is C18H18F3NO2. The Bertz CT molecular complexity index is 713. The van der Waals surface area contributed by atoms with Crippen LogP contribution in [0.25, 0.3) is 0 Å². The van der Waals surface area contributed by atoms with Crippen molar-refractivity contribution < 1.29 is 22.7 Å². The molecule has 0 unspecified atom stereocenters. The fraction of sp³-hybridized carbons (Fsp3) is 0.278. The van der Waals surface area contributed by atoms with Gasteiger partial charge >= 0.3 is 6.18 Å². The van der Waals surface area contributed by atoms with Crippen LogP contribution in [0.5, 0.6) is 5.75 Å². The van der Waals surface area contributed by atoms with Crippen molar-refractivity contribution in [3.8, 4) is 5.75 Å². The van der Waals surface area contributed by atoms with Crippen molar-refractivity contribution in [1.29, 1.82) is 0 Å². The molecule has 0 heterocycles. The molecule has 6 heteroatoms. The van der Waals surface area contributed by atoms with Crippen LogP contribution in [0.15, 0.2) is 48.5 Å². The Hall–Kier alpha value is -2.50. The molecule has 0 saturated carbocycles. The third-order valence-electron chi connectivity index (χ3n) is 3.39. The normalized spacial score (nSPS) is 12.5. The van der Waals surface area contributed by atoms with Crippen LogP contribution in [0.2, 0.25) is 0 Å². The van der Waals surface area contributed by atoms with Crippen molar-refractivity contribution in [1.82, 2.24) is 0 Å². The molecule has 2 rings (SSSR count). The Morgan fingerprint density at radius 3 is 2.50 bits per heavy atom. The van der Waals surface area contributed by atoms with E-state index in [1.807, 2.05) is 19.1 Å². The molecule has 0 aromatic heterocycles. The van der Waals surface area contributed by atoms with Crippen LogP contribution >= 0.6 is 0 Å². The molecule has 0 aliphatic rings. The average molecular weight is 337 g/mol. The van der Waals surface area contributed by atoms with Crippen molar-refractivity contribution in [2.45, 2.75) is 32.5 Å². The lowest BCUT2D eigenvalue weighted by Crippen LogP contribution is -2.32. The maximum Gasteiger partial charge on any atom is 0.416 e. The minimum Gasteiger partial charge on any atom is -0.481 e. The van der Waals surface area contributed by atoms with Gasteiger partial charge < -0.3 is 10.1 Å². The first-order valence-electron chi connectivity index (χ1n) is 7.51. The molecular weight excluding hydrogens is 319 g/mol. The quantitative estimate of drug-likeness (QED) is 0.850. The van der Waals surface area contributed by atoms with Crippen LogP contribution in [0.1, 0.15) is 24.5 Å². The minimum absolute atomic E-state index is 0.0844. The fourth-order valence-electron chi connectivity index (χ4n) is 2.17. The Labute approximate surface area is 138 Å². The molecule has 0 fully saturated rings. The van der Waals surface area contributed by atoms with Gasteiger partial charge in [-0.1, -0.05) is 25.1 Å². The second-order valence-corrected chi connectivity index (χ2v) is 5.40. The highest BCUT2D eigenvalue weighted by molar-refractivity contribution is 5.94. The SMILES string of the molecule is CC[C@H](Oc1cccc(C)c1)C(=O)Nc1cccc(C(F)(F)F)c1. The minimum atomic E-state index is -4.46. The van der Waals surface area contributed by atoms with Crippen molar-refractivity contribution in [3.63, 3.8) is 0 Å². The summed E-state index contributed by atoms with van der Waals surface area (Å²) >= 11 is 0. The zero-order valence-corrected chi connectivity index (χ0v) is 13.4. The Morgan fingerprint density at radius 2 is 1.88 bits per heavy atom. The van der Waals surface area contributed by atoms with Crippen molar-refractivity contribution in [2.24, 2.45) is 0 Å². The number of alkyl halides is 3. The Kier molecular flexibility index (Phi) is 5.49. The second-order valence-electron chi connectivity index (χ2n) is 5.40. The number of hydrogen-bond donors (Lipinski definition) is 1. The molecule has 0 spiro atoms. The summed E-state index contributed by atoms with van der Waals surface area (Å²) in [5.74, 6) is 0.0550. The number of hydrogen-bond acceptors (Lipinski definition) is 2. The first-order chi connectivity index (χ1) is 11.3. The molecule has 2 aromatic rings. The molecule has 24 heavy (non-hydrogen) atoms. The fourth-order valence-corrected chi connectivity index (χ4v) is 2.17. The number of carbonyl (C=O) groups is 1. The number of halogens is 3. The molecule has 0 aliphatic heterocycles. The molecule has 0 radical (unpaired) electrons. The van der Waals surface area contributed by atoms with Gasteiger partial charge in [0.2, 0.25) is 0 Å². The summed E-state index contributed by atoms with van der Waals surface area (Å²) in [7, 11) is 0. The highest BCUT2D eigenvalue weighted by Crippen LogP contribution is 2.30. The molecule has 3 nitrogen and oxygen atoms in total. The summed E-state index contributed by atoms with van der Waals surface area (Å²) in [4.78, 5) is 12.3. The first kappa shape index (κ1) is 17.8. The number of ether oxygens (including phenoxy) is 1. The van der Waals surface area contributed by atoms with Crippen LogP contribution in [0, 0.1) is 6.92 Å². The van der Waals surface area contributed by atoms with E-state index in [0.717, 1.165) is 17.7 Å². The van der Waals surface area contributed by atoms with E-state index in [1.165, 1.54) is 12.1 Å². The Balaban J connectivity index is 2.09. The molecule has 1 amide bonds. The number of rotatable bonds is 5. The predicted molar refractivity (Wildman–Crippen MR) is 86.0 cm³/mol. The molecule has 0 bridgehead atoms. The number of amides is 1. The van der Waals surface area contributed by atoms with Crippen molar-refractivity contribution in [2.75, 3.05) is 5.32 Å². The van der Waals surface area contributed by atoms with Gasteiger partial charge in [-0.2, -0.15) is 13.2 Å². The zero-order valence-electron chi connectivity index (χ0n) is 13.4. The molecule has 2 aromatic carbocycles. The van der Waals surface area contributed by atoms with Crippen LogP contribution in [-0.2, 0) is 11.0 Å². The van der Waals surface area contributed by atoms with Gasteiger partial charge in [0.05, 0.1) is 5.56 Å². The van der Waals surface area contributed by atoms with E-state index in [0.29, 0.717) is 12.2 Å². The molecule has 0 aliphatic carbocycles. The monoisotopic (exact) mass is 337 g/mol. The third kappa shape index (κ3) is 4.75. The molecule has 128 valence electrons. The summed E-state index contributed by atoms with van der Waals surface area (Å²) in [5.41, 5.74) is 0.259. The summed E-state index contributed by atoms with van der Waals surface area (Å²) in [5, 5.41) is 2.48. The van der Waals surface area contributed by atoms with Crippen LogP contribution in [-0.4, -0.2) is 12.0 Å². The van der Waals surface area contributed by atoms with E-state index in [-0.39, 0.29) is 5.69 Å². The first-order valence-corrected chi connectivity index (χ1v) is 7.51. The summed E-state index contributed by atoms with van der Waals surface area (Å²) in [6, 6.07) is 11.7. The third-order valence-corrected chi connectivity index (χ3v) is 3.39. The van der Waals surface area contributed by atoms with Crippen molar-refractivity contribution >= 4 is 11.6 Å². The van der Waals surface area contributed by atoms with E-state index >= 15 is 0 Å². The summed E-state index contributed by atoms with van der Waals surface area (Å²) in [6.07, 6.45) is -4.86. The van der Waals surface area contributed by atoms with E-state index in [4.69, 9.17) is 4.74 Å². The number of carbonyl (C=O) groups excluding carboxylic acids is 1. The van der Waals surface area contributed by atoms with Crippen LogP contribution in [0.3, 0.4) is 0 Å². The summed E-state index contributed by atoms with van der Waals surface area (Å²) in [6.45, 7) is 3.67. The topological polar surface area (TPSA) is 38.3 Å². The van der Waals surface area contributed by atoms with E-state index in [2.05, 4.69) is 5.32 Å². The maximum atomic E-state index is 12.7. The van der Waals surface area contributed by atoms with Gasteiger partial charge in [0.1, 0.15) is 5.75 Å². The van der Waals surface area contributed by atoms with Gasteiger partial charge in [-0.15, -0.1) is 0 Å². The highest BCUT2D eigenvalue weighted by Gasteiger charge is 2.30. The van der Waals surface area contributed by atoms with Gasteiger partial charge in [0, 0.05) is 5.69 Å². The number of anilines is 1. The van der Waals surface area contributed by atoms with Gasteiger partial charge in [-0.3, -0.25) is 4.79 Å². The van der Waals surface area contributed by atoms with Crippen LogP contribution < -0.4 is 10.1 Å². The highest BCUT2D eigenvalue weighted by atomic mass is 19.4. The van der Waals surface area contributed by atoms with Gasteiger partial charge in [0.15, 0.2) is 6.10 Å². The maximum absolute atomic E-state index is 12.7. The van der Waals surface area contributed by atoms with Gasteiger partial charge in [0.25, 0.3) is 5.91 Å². The van der Waals surface area contributed by atoms with E-state index < -0.39 is 23.8 Å². The summed E-state index contributed by atoms with van der Waals surface area (Å²) < 4.78 is 43.8. The smallest absolute Gasteiger partial charge is 0.416 e. The lowest BCUT2D eigenvalue weighted by Gasteiger charge is -2.18. The lowest BCUT2D eigenvalue weighted by molar-refractivity contribution is -0.137. The lowest BCUT2D eigenvalue weighted by atomic mass is 10.2. The average Bonchev–Trinajstić information content (AvgIpc) is 2.52. The standard InChI is InChI=1S/C18H18F3NO2/c1-3-16(24-15-9-4-6-12(2)10-15)17(23)22-14-8-5-7-13(11-14)18(19,20)21/h4-11,16H,3H2,1-2H3,(H,22,23)/t16-/m0/s1. The predicted octanol–water partition coefficient (Wildman–Crippen LogP) is 4.81. The molecule has 1 N–H and O–H groups in total. The zero-order chi connectivity index (χ0) is 17.7. The van der Waals surface area contributed by atoms with E-state index in [9.17, 15) is 18.0 Å². The second kappa shape index (κ2) is 7.38. The number of benzene rings is 2. The number of nitrogens with one attached hydrogen (secondary N) is 1. The largest absolute Gasteiger partial charge is 0.481 e. The molecule has 0 saturated heterocycles. The van der Waals surface area contributed by atoms with Crippen LogP contribution in [0.4, 0.5) is 18.9 Å². The van der Waals surface area contributed by atoms with Crippen molar-refractivity contribution in [3.05, 3.63) is 59.7 Å².